The Kier molecular flexibility index (Phi) is 5.97. The van der Waals surface area contributed by atoms with Crippen LogP contribution in [0.1, 0.15) is 40.2 Å². The zero-order valence-electron chi connectivity index (χ0n) is 19.5. The molecule has 11 heteroatoms. The van der Waals surface area contributed by atoms with E-state index in [2.05, 4.69) is 10.5 Å². The fraction of sp³-hybridized carbons (Fsp3) is 0.375. The minimum Gasteiger partial charge on any atom is -0.472 e. The molecule has 184 valence electrons. The molecular weight excluding hydrogens is 472 g/mol. The largest absolute Gasteiger partial charge is 0.472 e. The van der Waals surface area contributed by atoms with Crippen LogP contribution >= 0.6 is 0 Å². The molecule has 0 saturated carbocycles. The van der Waals surface area contributed by atoms with Gasteiger partial charge in [-0.2, -0.15) is 4.31 Å². The number of sulfonamides is 1. The van der Waals surface area contributed by atoms with E-state index in [0.29, 0.717) is 42.8 Å². The number of hydrogen-bond acceptors (Lipinski definition) is 7. The van der Waals surface area contributed by atoms with Crippen LogP contribution in [-0.2, 0) is 21.2 Å². The second kappa shape index (κ2) is 8.97. The molecule has 2 aliphatic rings. The molecule has 10 nitrogen and oxygen atoms in total. The van der Waals surface area contributed by atoms with Gasteiger partial charge in [-0.3, -0.25) is 9.59 Å². The Hall–Kier alpha value is -3.44. The van der Waals surface area contributed by atoms with Crippen molar-refractivity contribution in [1.82, 2.24) is 9.46 Å². The maximum atomic E-state index is 13.0. The van der Waals surface area contributed by atoms with Gasteiger partial charge in [0, 0.05) is 36.9 Å². The van der Waals surface area contributed by atoms with Gasteiger partial charge in [-0.25, -0.2) is 8.42 Å². The number of nitrogens with one attached hydrogen (secondary N) is 1. The van der Waals surface area contributed by atoms with Crippen LogP contribution in [0.5, 0.6) is 0 Å². The number of fused-ring (bicyclic) bond motifs is 1. The Morgan fingerprint density at radius 2 is 1.89 bits per heavy atom. The average Bonchev–Trinajstić information content (AvgIpc) is 3.59. The smallest absolute Gasteiger partial charge is 0.261 e. The second-order valence-electron chi connectivity index (χ2n) is 8.88. The number of carbonyl (C=O) groups excluding carboxylic acids is 2. The van der Waals surface area contributed by atoms with Crippen LogP contribution in [0.3, 0.4) is 0 Å². The van der Waals surface area contributed by atoms with Crippen molar-refractivity contribution in [3.8, 4) is 0 Å². The van der Waals surface area contributed by atoms with E-state index in [-0.39, 0.29) is 41.5 Å². The molecule has 5 rings (SSSR count). The van der Waals surface area contributed by atoms with Crippen molar-refractivity contribution in [1.29, 1.82) is 0 Å². The van der Waals surface area contributed by atoms with Crippen LogP contribution in [0.15, 0.2) is 50.6 Å². The quantitative estimate of drug-likeness (QED) is 0.573. The molecule has 3 aromatic rings. The van der Waals surface area contributed by atoms with Crippen LogP contribution in [0.2, 0.25) is 0 Å². The van der Waals surface area contributed by atoms with Crippen molar-refractivity contribution in [2.75, 3.05) is 29.9 Å². The molecular formula is C24H26N4O6S. The van der Waals surface area contributed by atoms with Gasteiger partial charge in [-0.1, -0.05) is 5.16 Å². The van der Waals surface area contributed by atoms with Gasteiger partial charge in [0.05, 0.1) is 11.8 Å². The Bertz CT molecular complexity index is 1350. The number of rotatable bonds is 5. The summed E-state index contributed by atoms with van der Waals surface area (Å²) in [4.78, 5) is 27.4. The first-order chi connectivity index (χ1) is 16.8. The molecule has 35 heavy (non-hydrogen) atoms. The number of benzene rings is 1. The van der Waals surface area contributed by atoms with Crippen molar-refractivity contribution in [2.45, 2.75) is 38.0 Å². The molecule has 2 aliphatic heterocycles. The van der Waals surface area contributed by atoms with Crippen molar-refractivity contribution in [3.63, 3.8) is 0 Å². The molecule has 2 aromatic heterocycles. The SMILES string of the molecule is Cc1noc(C)c1S(=O)(=O)N1CCC(C(=O)Nc2ccc3c(c2)CCN3C(=O)c2ccoc2)CC1. The number of aromatic nitrogens is 1. The van der Waals surface area contributed by atoms with Gasteiger partial charge in [0.25, 0.3) is 5.91 Å². The molecule has 2 amide bonds. The number of aryl methyl sites for hydroxylation is 2. The number of hydrogen-bond donors (Lipinski definition) is 1. The number of piperidine rings is 1. The first-order valence-electron chi connectivity index (χ1n) is 11.5. The molecule has 4 heterocycles. The number of carbonyl (C=O) groups is 2. The van der Waals surface area contributed by atoms with E-state index in [0.717, 1.165) is 11.3 Å². The lowest BCUT2D eigenvalue weighted by Gasteiger charge is -2.30. The molecule has 0 radical (unpaired) electrons. The molecule has 0 spiro atoms. The molecule has 0 atom stereocenters. The number of nitrogens with zero attached hydrogens (tertiary/aromatic N) is 3. The van der Waals surface area contributed by atoms with Crippen LogP contribution in [0.25, 0.3) is 0 Å². The molecule has 0 unspecified atom stereocenters. The zero-order chi connectivity index (χ0) is 24.7. The van der Waals surface area contributed by atoms with Crippen molar-refractivity contribution in [3.05, 3.63) is 59.4 Å². The van der Waals surface area contributed by atoms with Gasteiger partial charge in [-0.15, -0.1) is 0 Å². The van der Waals surface area contributed by atoms with Gasteiger partial charge in [0.15, 0.2) is 5.76 Å². The van der Waals surface area contributed by atoms with E-state index in [1.165, 1.54) is 16.8 Å². The second-order valence-corrected chi connectivity index (χ2v) is 10.8. The highest BCUT2D eigenvalue weighted by molar-refractivity contribution is 7.89. The fourth-order valence-electron chi connectivity index (χ4n) is 4.81. The molecule has 1 fully saturated rings. The van der Waals surface area contributed by atoms with E-state index in [1.807, 2.05) is 12.1 Å². The Morgan fingerprint density at radius 3 is 2.54 bits per heavy atom. The summed E-state index contributed by atoms with van der Waals surface area (Å²) in [6.45, 7) is 4.25. The van der Waals surface area contributed by atoms with Gasteiger partial charge in [0.1, 0.15) is 16.9 Å². The summed E-state index contributed by atoms with van der Waals surface area (Å²) < 4.78 is 37.5. The predicted molar refractivity (Wildman–Crippen MR) is 127 cm³/mol. The highest BCUT2D eigenvalue weighted by Crippen LogP contribution is 2.33. The van der Waals surface area contributed by atoms with Crippen LogP contribution in [0.4, 0.5) is 11.4 Å². The maximum absolute atomic E-state index is 13.0. The first kappa shape index (κ1) is 23.3. The lowest BCUT2D eigenvalue weighted by atomic mass is 9.97. The lowest BCUT2D eigenvalue weighted by molar-refractivity contribution is -0.120. The van der Waals surface area contributed by atoms with Crippen LogP contribution in [0, 0.1) is 19.8 Å². The molecule has 1 aromatic carbocycles. The highest BCUT2D eigenvalue weighted by Gasteiger charge is 2.35. The third kappa shape index (κ3) is 4.25. The van der Waals surface area contributed by atoms with E-state index in [4.69, 9.17) is 8.94 Å². The van der Waals surface area contributed by atoms with E-state index >= 15 is 0 Å². The minimum atomic E-state index is -3.72. The van der Waals surface area contributed by atoms with Gasteiger partial charge >= 0.3 is 0 Å². The minimum absolute atomic E-state index is 0.110. The normalized spacial score (nSPS) is 16.9. The zero-order valence-corrected chi connectivity index (χ0v) is 20.3. The number of anilines is 2. The van der Waals surface area contributed by atoms with Crippen LogP contribution in [-0.4, -0.2) is 49.3 Å². The average molecular weight is 499 g/mol. The summed E-state index contributed by atoms with van der Waals surface area (Å²) in [7, 11) is -3.72. The summed E-state index contributed by atoms with van der Waals surface area (Å²) in [5.41, 5.74) is 3.31. The Labute approximate surface area is 202 Å². The molecule has 1 saturated heterocycles. The first-order valence-corrected chi connectivity index (χ1v) is 12.9. The molecule has 1 N–H and O–H groups in total. The summed E-state index contributed by atoms with van der Waals surface area (Å²) in [5.74, 6) is -0.279. The van der Waals surface area contributed by atoms with E-state index in [1.54, 1.807) is 30.9 Å². The monoisotopic (exact) mass is 498 g/mol. The van der Waals surface area contributed by atoms with Crippen LogP contribution < -0.4 is 10.2 Å². The summed E-state index contributed by atoms with van der Waals surface area (Å²) in [6, 6.07) is 7.16. The third-order valence-corrected chi connectivity index (χ3v) is 8.79. The maximum Gasteiger partial charge on any atom is 0.261 e. The Morgan fingerprint density at radius 1 is 1.11 bits per heavy atom. The lowest BCUT2D eigenvalue weighted by Crippen LogP contribution is -2.41. The molecule has 0 aliphatic carbocycles. The Balaban J connectivity index is 1.21. The third-order valence-electron chi connectivity index (χ3n) is 6.65. The summed E-state index contributed by atoms with van der Waals surface area (Å²) in [5, 5.41) is 6.71. The van der Waals surface area contributed by atoms with Gasteiger partial charge in [-0.05, 0) is 62.9 Å². The van der Waals surface area contributed by atoms with Gasteiger partial charge in [0.2, 0.25) is 15.9 Å². The van der Waals surface area contributed by atoms with Crippen molar-refractivity contribution < 1.29 is 26.9 Å². The topological polar surface area (TPSA) is 126 Å². The van der Waals surface area contributed by atoms with E-state index in [9.17, 15) is 18.0 Å². The standard InChI is InChI=1S/C24H26N4O6S/c1-15-22(16(2)34-26-15)35(31,32)27-9-5-17(6-10-27)23(29)25-20-3-4-21-18(13-20)7-11-28(21)24(30)19-8-12-33-14-19/h3-4,8,12-14,17H,5-7,9-11H2,1-2H3,(H,25,29). The van der Waals surface area contributed by atoms with E-state index < -0.39 is 10.0 Å². The summed E-state index contributed by atoms with van der Waals surface area (Å²) >= 11 is 0. The number of amides is 2. The van der Waals surface area contributed by atoms with Gasteiger partial charge < -0.3 is 19.2 Å². The molecule has 0 bridgehead atoms. The van der Waals surface area contributed by atoms with Crippen molar-refractivity contribution >= 4 is 33.2 Å². The number of furan rings is 1. The predicted octanol–water partition coefficient (Wildman–Crippen LogP) is 3.13. The summed E-state index contributed by atoms with van der Waals surface area (Å²) in [6.07, 6.45) is 4.44. The fourth-order valence-corrected chi connectivity index (χ4v) is 6.57. The highest BCUT2D eigenvalue weighted by atomic mass is 32.2. The van der Waals surface area contributed by atoms with Crippen molar-refractivity contribution in [2.24, 2.45) is 5.92 Å².